The third kappa shape index (κ3) is 2.99. The number of nitrogens with one attached hydrogen (secondary N) is 2. The molecule has 2 rings (SSSR count). The van der Waals surface area contributed by atoms with Gasteiger partial charge >= 0.3 is 0 Å². The summed E-state index contributed by atoms with van der Waals surface area (Å²) in [6.45, 7) is 1.78. The summed E-state index contributed by atoms with van der Waals surface area (Å²) < 4.78 is 0. The van der Waals surface area contributed by atoms with Gasteiger partial charge in [0.1, 0.15) is 5.71 Å². The van der Waals surface area contributed by atoms with E-state index in [0.717, 1.165) is 18.4 Å². The summed E-state index contributed by atoms with van der Waals surface area (Å²) in [5.41, 5.74) is 1.37. The van der Waals surface area contributed by atoms with E-state index in [4.69, 9.17) is 10.8 Å². The monoisotopic (exact) mass is 266 g/mol. The Morgan fingerprint density at radius 2 is 1.85 bits per heavy atom. The molecule has 0 radical (unpaired) electrons. The van der Waals surface area contributed by atoms with Crippen LogP contribution in [0.5, 0.6) is 0 Å². The Labute approximate surface area is 119 Å². The lowest BCUT2D eigenvalue weighted by Crippen LogP contribution is -2.27. The highest BCUT2D eigenvalue weighted by Gasteiger charge is 2.23. The summed E-state index contributed by atoms with van der Waals surface area (Å²) in [7, 11) is 0. The van der Waals surface area contributed by atoms with Gasteiger partial charge in [0, 0.05) is 5.92 Å². The molecule has 0 amide bonds. The first-order valence-electron chi connectivity index (χ1n) is 6.75. The number of rotatable bonds is 5. The quantitative estimate of drug-likeness (QED) is 0.784. The Hall–Kier alpha value is -2.29. The van der Waals surface area contributed by atoms with E-state index in [1.165, 1.54) is 0 Å². The van der Waals surface area contributed by atoms with Crippen molar-refractivity contribution in [1.82, 2.24) is 0 Å². The van der Waals surface area contributed by atoms with E-state index in [1.54, 1.807) is 6.92 Å². The number of hydrogen-bond acceptors (Lipinski definition) is 3. The SMILES string of the molecule is CC(C(=O)C(=N)C(=N)C1=CCCC=C1)c1ccccc1. The number of allylic oxidation sites excluding steroid dienone is 4. The first kappa shape index (κ1) is 14.1. The van der Waals surface area contributed by atoms with Gasteiger partial charge in [0.2, 0.25) is 0 Å². The van der Waals surface area contributed by atoms with Gasteiger partial charge in [-0.1, -0.05) is 55.5 Å². The third-order valence-electron chi connectivity index (χ3n) is 3.47. The molecular formula is C17H18N2O. The van der Waals surface area contributed by atoms with E-state index < -0.39 is 5.92 Å². The number of carbonyl (C=O) groups excluding carboxylic acids is 1. The highest BCUT2D eigenvalue weighted by molar-refractivity contribution is 6.69. The van der Waals surface area contributed by atoms with Crippen LogP contribution in [0.4, 0.5) is 0 Å². The molecule has 1 aromatic rings. The number of hydrogen-bond donors (Lipinski definition) is 2. The average molecular weight is 266 g/mol. The minimum absolute atomic E-state index is 0.0220. The molecular weight excluding hydrogens is 248 g/mol. The van der Waals surface area contributed by atoms with Crippen molar-refractivity contribution < 1.29 is 4.79 Å². The second kappa shape index (κ2) is 6.24. The van der Waals surface area contributed by atoms with Crippen LogP contribution < -0.4 is 0 Å². The lowest BCUT2D eigenvalue weighted by molar-refractivity contribution is -0.113. The summed E-state index contributed by atoms with van der Waals surface area (Å²) in [5.74, 6) is -0.696. The summed E-state index contributed by atoms with van der Waals surface area (Å²) in [4.78, 5) is 12.3. The van der Waals surface area contributed by atoms with Crippen molar-refractivity contribution >= 4 is 17.2 Å². The lowest BCUT2D eigenvalue weighted by atomic mass is 9.89. The van der Waals surface area contributed by atoms with Gasteiger partial charge in [0.25, 0.3) is 0 Å². The van der Waals surface area contributed by atoms with E-state index in [1.807, 2.05) is 48.6 Å². The predicted molar refractivity (Wildman–Crippen MR) is 81.8 cm³/mol. The van der Waals surface area contributed by atoms with Crippen molar-refractivity contribution in [3.63, 3.8) is 0 Å². The van der Waals surface area contributed by atoms with Crippen LogP contribution in [0.25, 0.3) is 0 Å². The van der Waals surface area contributed by atoms with Crippen molar-refractivity contribution in [2.24, 2.45) is 0 Å². The fourth-order valence-electron chi connectivity index (χ4n) is 2.18. The molecule has 0 fully saturated rings. The topological polar surface area (TPSA) is 64.8 Å². The van der Waals surface area contributed by atoms with Gasteiger partial charge in [0.05, 0.1) is 5.71 Å². The van der Waals surface area contributed by atoms with Gasteiger partial charge in [-0.05, 0) is 24.0 Å². The molecule has 1 unspecified atom stereocenters. The van der Waals surface area contributed by atoms with Crippen LogP contribution in [0.3, 0.4) is 0 Å². The summed E-state index contributed by atoms with van der Waals surface area (Å²) in [6.07, 6.45) is 7.53. The maximum absolute atomic E-state index is 12.3. The highest BCUT2D eigenvalue weighted by Crippen LogP contribution is 2.18. The standard InChI is InChI=1S/C17H18N2O/c1-12(13-8-4-2-5-9-13)17(20)16(19)15(18)14-10-6-3-7-11-14/h2,4-6,8-12,18-19H,3,7H2,1H3. The van der Waals surface area contributed by atoms with E-state index in [9.17, 15) is 4.79 Å². The van der Waals surface area contributed by atoms with Crippen LogP contribution in [0, 0.1) is 10.8 Å². The highest BCUT2D eigenvalue weighted by atomic mass is 16.1. The van der Waals surface area contributed by atoms with Crippen molar-refractivity contribution in [2.45, 2.75) is 25.7 Å². The number of ketones is 1. The zero-order chi connectivity index (χ0) is 14.5. The average Bonchev–Trinajstić information content (AvgIpc) is 2.53. The van der Waals surface area contributed by atoms with Crippen molar-refractivity contribution in [1.29, 1.82) is 10.8 Å². The molecule has 3 nitrogen and oxygen atoms in total. The Balaban J connectivity index is 2.13. The van der Waals surface area contributed by atoms with Crippen LogP contribution in [0.15, 0.2) is 54.1 Å². The molecule has 0 aliphatic heterocycles. The molecule has 1 aliphatic carbocycles. The molecule has 0 spiro atoms. The smallest absolute Gasteiger partial charge is 0.189 e. The molecule has 20 heavy (non-hydrogen) atoms. The predicted octanol–water partition coefficient (Wildman–Crippen LogP) is 3.68. The molecule has 1 atom stereocenters. The zero-order valence-corrected chi connectivity index (χ0v) is 11.5. The minimum Gasteiger partial charge on any atom is -0.298 e. The Morgan fingerprint density at radius 1 is 1.15 bits per heavy atom. The lowest BCUT2D eigenvalue weighted by Gasteiger charge is -2.14. The number of benzene rings is 1. The first-order chi connectivity index (χ1) is 9.61. The van der Waals surface area contributed by atoms with E-state index in [2.05, 4.69) is 0 Å². The fourth-order valence-corrected chi connectivity index (χ4v) is 2.18. The van der Waals surface area contributed by atoms with Crippen molar-refractivity contribution in [2.75, 3.05) is 0 Å². The maximum atomic E-state index is 12.3. The summed E-state index contributed by atoms with van der Waals surface area (Å²) in [6, 6.07) is 9.39. The number of Topliss-reactive ketones (excluding diaryl/α,β-unsaturated/α-hetero) is 1. The molecule has 3 heteroatoms. The molecule has 0 bridgehead atoms. The second-order valence-corrected chi connectivity index (χ2v) is 4.89. The molecule has 0 aromatic heterocycles. The molecule has 0 saturated carbocycles. The van der Waals surface area contributed by atoms with Crippen LogP contribution >= 0.6 is 0 Å². The molecule has 1 aliphatic rings. The largest absolute Gasteiger partial charge is 0.298 e. The second-order valence-electron chi connectivity index (χ2n) is 4.89. The van der Waals surface area contributed by atoms with Crippen molar-refractivity contribution in [3.8, 4) is 0 Å². The first-order valence-corrected chi connectivity index (χ1v) is 6.75. The minimum atomic E-state index is -0.391. The number of carbonyl (C=O) groups is 1. The van der Waals surface area contributed by atoms with E-state index in [0.29, 0.717) is 5.57 Å². The van der Waals surface area contributed by atoms with Gasteiger partial charge in [-0.3, -0.25) is 15.6 Å². The summed E-state index contributed by atoms with van der Waals surface area (Å²) in [5, 5.41) is 16.0. The molecule has 2 N–H and O–H groups in total. The Kier molecular flexibility index (Phi) is 4.41. The van der Waals surface area contributed by atoms with E-state index in [-0.39, 0.29) is 17.2 Å². The maximum Gasteiger partial charge on any atom is 0.189 e. The Bertz CT molecular complexity index is 597. The Morgan fingerprint density at radius 3 is 2.45 bits per heavy atom. The third-order valence-corrected chi connectivity index (χ3v) is 3.47. The van der Waals surface area contributed by atoms with E-state index >= 15 is 0 Å². The van der Waals surface area contributed by atoms with Gasteiger partial charge < -0.3 is 0 Å². The fraction of sp³-hybridized carbons (Fsp3) is 0.235. The van der Waals surface area contributed by atoms with Crippen LogP contribution in [0.2, 0.25) is 0 Å². The van der Waals surface area contributed by atoms with Crippen molar-refractivity contribution in [3.05, 3.63) is 59.7 Å². The molecule has 0 saturated heterocycles. The van der Waals surface area contributed by atoms with Gasteiger partial charge in [0.15, 0.2) is 5.78 Å². The normalized spacial score (nSPS) is 15.3. The molecule has 1 aromatic carbocycles. The van der Waals surface area contributed by atoms with Crippen LogP contribution in [-0.2, 0) is 4.79 Å². The van der Waals surface area contributed by atoms with Gasteiger partial charge in [-0.25, -0.2) is 0 Å². The molecule has 0 heterocycles. The summed E-state index contributed by atoms with van der Waals surface area (Å²) >= 11 is 0. The van der Waals surface area contributed by atoms with Gasteiger partial charge in [-0.15, -0.1) is 0 Å². The van der Waals surface area contributed by atoms with Gasteiger partial charge in [-0.2, -0.15) is 0 Å². The van der Waals surface area contributed by atoms with Crippen LogP contribution in [0.1, 0.15) is 31.2 Å². The zero-order valence-electron chi connectivity index (χ0n) is 11.5. The van der Waals surface area contributed by atoms with Crippen LogP contribution in [-0.4, -0.2) is 17.2 Å². The molecule has 102 valence electrons.